The fourth-order valence-electron chi connectivity index (χ4n) is 0.0680. The fourth-order valence-corrected chi connectivity index (χ4v) is 0.0680. The molecule has 0 bridgehead atoms. The first kappa shape index (κ1) is 7.06. The first-order chi connectivity index (χ1) is 2.89. The zero-order chi connectivity index (χ0) is 4.99. The molecule has 1 aliphatic heterocycles. The van der Waals surface area contributed by atoms with Crippen LogP contribution >= 0.6 is 0 Å². The molecule has 0 aromatic carbocycles. The van der Waals surface area contributed by atoms with Crippen LogP contribution < -0.4 is 0 Å². The minimum absolute atomic E-state index is 0.333. The summed E-state index contributed by atoms with van der Waals surface area (Å²) in [6.45, 7) is 4.40. The van der Waals surface area contributed by atoms with Crippen molar-refractivity contribution in [1.29, 1.82) is 0 Å². The quantitative estimate of drug-likeness (QED) is 0.344. The molecule has 1 rings (SSSR count). The van der Waals surface area contributed by atoms with E-state index in [9.17, 15) is 0 Å². The molecule has 1 aliphatic rings. The van der Waals surface area contributed by atoms with Crippen molar-refractivity contribution >= 4 is 7.37 Å². The Hall–Kier alpha value is 1.06. The van der Waals surface area contributed by atoms with Crippen LogP contribution in [0.2, 0.25) is 0 Å². The van der Waals surface area contributed by atoms with Gasteiger partial charge in [-0.3, -0.25) is 0 Å². The van der Waals surface area contributed by atoms with Crippen molar-refractivity contribution in [3.63, 3.8) is 0 Å². The van der Waals surface area contributed by atoms with Gasteiger partial charge in [-0.15, -0.1) is 0 Å². The predicted octanol–water partition coefficient (Wildman–Crippen LogP) is -0.967. The van der Waals surface area contributed by atoms with Crippen molar-refractivity contribution in [3.8, 4) is 0 Å². The van der Waals surface area contributed by atoms with Gasteiger partial charge in [0.15, 0.2) is 0 Å². The molecule has 1 heterocycles. The van der Waals surface area contributed by atoms with E-state index in [1.807, 2.05) is 0 Å². The zero-order valence-corrected chi connectivity index (χ0v) is 8.36. The Morgan fingerprint density at radius 2 is 2.00 bits per heavy atom. The number of hydrogen-bond donors (Lipinski definition) is 0. The summed E-state index contributed by atoms with van der Waals surface area (Å²) in [4.78, 5) is 0. The third kappa shape index (κ3) is 5.06. The normalized spacial score (nSPS) is 27.7. The molecule has 1 fully saturated rings. The van der Waals surface area contributed by atoms with E-state index < -0.39 is 0 Å². The summed E-state index contributed by atoms with van der Waals surface area (Å²) in [7, 11) is 1.40. The average Bonchev–Trinajstić information content (AvgIpc) is 2.30. The van der Waals surface area contributed by atoms with Crippen LogP contribution in [0.1, 0.15) is 0 Å². The van der Waals surface area contributed by atoms with Gasteiger partial charge in [0.25, 0.3) is 0 Å². The molecule has 34 valence electrons. The zero-order valence-electron chi connectivity index (χ0n) is 3.90. The van der Waals surface area contributed by atoms with Gasteiger partial charge in [-0.1, -0.05) is 0 Å². The number of epoxide rings is 1. The molecule has 1 atom stereocenters. The molecular weight excluding hydrogens is 171 g/mol. The van der Waals surface area contributed by atoms with Crippen LogP contribution in [0.5, 0.6) is 0 Å². The van der Waals surface area contributed by atoms with Gasteiger partial charge >= 0.3 is 31.2 Å². The Morgan fingerprint density at radius 3 is 2.00 bits per heavy atom. The van der Waals surface area contributed by atoms with Crippen LogP contribution in [0, 0.1) is 6.92 Å². The average molecular weight is 179 g/mol. The van der Waals surface area contributed by atoms with Crippen molar-refractivity contribution in [1.82, 2.24) is 0 Å². The topological polar surface area (TPSA) is 12.5 Å². The fraction of sp³-hybridized carbons (Fsp3) is 0.667. The molecule has 3 heteroatoms. The maximum absolute atomic E-state index is 4.60. The standard InChI is InChI=1S/C3H5O.H3Si.Zr/c1-3-2-4-3;;/h3H,1-2H2;1H3;. The number of rotatable bonds is 0. The van der Waals surface area contributed by atoms with E-state index >= 15 is 0 Å². The number of ether oxygens (including phenoxy) is 1. The summed E-state index contributed by atoms with van der Waals surface area (Å²) in [6.07, 6.45) is 0.333. The molecule has 1 nitrogen and oxygen atoms in total. The summed E-state index contributed by atoms with van der Waals surface area (Å²) in [5.41, 5.74) is 0. The molecule has 0 aliphatic carbocycles. The van der Waals surface area contributed by atoms with Gasteiger partial charge in [0.2, 0.25) is 0 Å². The van der Waals surface area contributed by atoms with E-state index in [0.29, 0.717) is 6.10 Å². The predicted molar refractivity (Wildman–Crippen MR) is 25.0 cm³/mol. The van der Waals surface area contributed by atoms with Gasteiger partial charge in [-0.25, -0.2) is 0 Å². The van der Waals surface area contributed by atoms with E-state index in [0.717, 1.165) is 6.61 Å². The molecular formula is C3H8OSiZr. The van der Waals surface area contributed by atoms with Crippen LogP contribution in [0.15, 0.2) is 0 Å². The van der Waals surface area contributed by atoms with Gasteiger partial charge in [0.1, 0.15) is 0 Å². The van der Waals surface area contributed by atoms with E-state index in [-0.39, 0.29) is 0 Å². The van der Waals surface area contributed by atoms with Crippen LogP contribution in [0.3, 0.4) is 0 Å². The van der Waals surface area contributed by atoms with Gasteiger partial charge < -0.3 is 4.74 Å². The van der Waals surface area contributed by atoms with Gasteiger partial charge in [-0.05, 0) is 6.92 Å². The molecule has 0 aromatic rings. The second kappa shape index (κ2) is 4.23. The number of hydrogen-bond acceptors (Lipinski definition) is 1. The monoisotopic (exact) mass is 178 g/mol. The van der Waals surface area contributed by atoms with Crippen molar-refractivity contribution in [2.45, 2.75) is 6.10 Å². The Morgan fingerprint density at radius 1 is 1.83 bits per heavy atom. The molecule has 1 saturated heterocycles. The van der Waals surface area contributed by atoms with Gasteiger partial charge in [0.05, 0.1) is 12.7 Å². The van der Waals surface area contributed by atoms with Crippen LogP contribution in [-0.4, -0.2) is 20.1 Å². The molecule has 1 unspecified atom stereocenters. The van der Waals surface area contributed by atoms with E-state index in [1.165, 1.54) is 7.37 Å². The Labute approximate surface area is 55.7 Å². The summed E-state index contributed by atoms with van der Waals surface area (Å²) in [6, 6.07) is 0. The molecule has 0 saturated carbocycles. The summed E-state index contributed by atoms with van der Waals surface area (Å²) < 4.78 is 4.60. The van der Waals surface area contributed by atoms with E-state index in [2.05, 4.69) is 11.7 Å². The molecule has 0 N–H and O–H groups in total. The molecule has 0 amide bonds. The summed E-state index contributed by atoms with van der Waals surface area (Å²) >= 11 is 1.69. The maximum atomic E-state index is 4.60. The third-order valence-corrected chi connectivity index (χ3v) is 0.402. The Kier molecular flexibility index (Phi) is 4.97. The molecule has 0 spiro atoms. The van der Waals surface area contributed by atoms with Crippen molar-refractivity contribution in [3.05, 3.63) is 6.92 Å². The van der Waals surface area contributed by atoms with Crippen molar-refractivity contribution in [2.24, 2.45) is 0 Å². The van der Waals surface area contributed by atoms with Crippen molar-refractivity contribution < 1.29 is 28.6 Å². The SMILES string of the molecule is [CH2]C1CO1.[SiH3][Zr]. The summed E-state index contributed by atoms with van der Waals surface area (Å²) in [5, 5.41) is 0. The van der Waals surface area contributed by atoms with E-state index in [1.54, 1.807) is 23.9 Å². The molecule has 1 radical (unpaired) electrons. The first-order valence-corrected chi connectivity index (χ1v) is 10.2. The Balaban J connectivity index is 0.000000112. The molecule has 0 aromatic heterocycles. The van der Waals surface area contributed by atoms with Crippen LogP contribution in [-0.2, 0) is 28.6 Å². The second-order valence-corrected chi connectivity index (χ2v) is 0.955. The van der Waals surface area contributed by atoms with E-state index in [4.69, 9.17) is 0 Å². The van der Waals surface area contributed by atoms with Gasteiger partial charge in [-0.2, -0.15) is 0 Å². The van der Waals surface area contributed by atoms with Crippen LogP contribution in [0.4, 0.5) is 0 Å². The molecule has 6 heavy (non-hydrogen) atoms. The van der Waals surface area contributed by atoms with Gasteiger partial charge in [0, 0.05) is 0 Å². The second-order valence-electron chi connectivity index (χ2n) is 0.955. The Bertz CT molecular complexity index is 30.0. The van der Waals surface area contributed by atoms with Crippen LogP contribution in [0.25, 0.3) is 0 Å². The first-order valence-electron chi connectivity index (χ1n) is 1.84. The summed E-state index contributed by atoms with van der Waals surface area (Å²) in [5.74, 6) is 0. The van der Waals surface area contributed by atoms with Crippen molar-refractivity contribution in [2.75, 3.05) is 6.61 Å². The minimum atomic E-state index is 0.333. The third-order valence-electron chi connectivity index (χ3n) is 0.402.